The topological polar surface area (TPSA) is 86.6 Å². The van der Waals surface area contributed by atoms with Crippen LogP contribution in [0.25, 0.3) is 0 Å². The van der Waals surface area contributed by atoms with Crippen LogP contribution >= 0.6 is 0 Å². The van der Waals surface area contributed by atoms with Gasteiger partial charge in [-0.1, -0.05) is 91.0 Å². The van der Waals surface area contributed by atoms with E-state index < -0.39 is 36.8 Å². The third-order valence-electron chi connectivity index (χ3n) is 6.44. The zero-order valence-corrected chi connectivity index (χ0v) is 20.5. The van der Waals surface area contributed by atoms with Gasteiger partial charge in [0.2, 0.25) is 5.79 Å². The Labute approximate surface area is 212 Å². The van der Waals surface area contributed by atoms with Crippen molar-refractivity contribution in [1.29, 1.82) is 0 Å². The van der Waals surface area contributed by atoms with Gasteiger partial charge in [-0.25, -0.2) is 0 Å². The molecular weight excluding hydrogens is 460 g/mol. The van der Waals surface area contributed by atoms with Gasteiger partial charge in [0, 0.05) is 7.11 Å². The van der Waals surface area contributed by atoms with E-state index in [0.29, 0.717) is 6.61 Å². The maximum atomic E-state index is 10.4. The molecule has 1 saturated heterocycles. The van der Waals surface area contributed by atoms with Gasteiger partial charge in [0.1, 0.15) is 24.4 Å². The number of methoxy groups -OCH3 is 1. The van der Waals surface area contributed by atoms with E-state index >= 15 is 0 Å². The lowest BCUT2D eigenvalue weighted by molar-refractivity contribution is -0.299. The molecule has 0 amide bonds. The predicted molar refractivity (Wildman–Crippen MR) is 134 cm³/mol. The van der Waals surface area contributed by atoms with E-state index in [9.17, 15) is 10.2 Å². The summed E-state index contributed by atoms with van der Waals surface area (Å²) in [6.45, 7) is -0.133. The summed E-state index contributed by atoms with van der Waals surface area (Å²) in [5, 5.41) is 20.8. The van der Waals surface area contributed by atoms with E-state index in [1.54, 1.807) is 0 Å². The summed E-state index contributed by atoms with van der Waals surface area (Å²) in [7, 11) is 1.50. The van der Waals surface area contributed by atoms with Crippen molar-refractivity contribution in [3.05, 3.63) is 108 Å². The molecule has 1 aliphatic heterocycles. The van der Waals surface area contributed by atoms with E-state index in [0.717, 1.165) is 16.7 Å². The molecule has 0 bridgehead atoms. The Morgan fingerprint density at radius 1 is 0.667 bits per heavy atom. The zero-order chi connectivity index (χ0) is 25.3. The van der Waals surface area contributed by atoms with Gasteiger partial charge >= 0.3 is 0 Å². The van der Waals surface area contributed by atoms with Crippen LogP contribution in [0.4, 0.5) is 0 Å². The average Bonchev–Trinajstić information content (AvgIpc) is 3.21. The Morgan fingerprint density at radius 2 is 1.11 bits per heavy atom. The summed E-state index contributed by atoms with van der Waals surface area (Å²) in [6.07, 6.45) is -1.64. The largest absolute Gasteiger partial charge is 0.393 e. The highest BCUT2D eigenvalue weighted by Crippen LogP contribution is 2.43. The minimum Gasteiger partial charge on any atom is -0.393 e. The van der Waals surface area contributed by atoms with Gasteiger partial charge in [0.15, 0.2) is 0 Å². The van der Waals surface area contributed by atoms with Gasteiger partial charge in [-0.3, -0.25) is 0 Å². The molecule has 192 valence electrons. The molecule has 7 nitrogen and oxygen atoms in total. The molecule has 7 heteroatoms. The van der Waals surface area contributed by atoms with Crippen LogP contribution in [0, 0.1) is 0 Å². The molecule has 0 unspecified atom stereocenters. The maximum Gasteiger partial charge on any atom is 0.222 e. The van der Waals surface area contributed by atoms with E-state index in [-0.39, 0.29) is 19.8 Å². The van der Waals surface area contributed by atoms with Crippen molar-refractivity contribution >= 4 is 0 Å². The first kappa shape index (κ1) is 26.4. The molecule has 0 aromatic heterocycles. The summed E-state index contributed by atoms with van der Waals surface area (Å²) in [5.74, 6) is -1.42. The van der Waals surface area contributed by atoms with Gasteiger partial charge in [-0.2, -0.15) is 0 Å². The van der Waals surface area contributed by atoms with Crippen LogP contribution in [0.2, 0.25) is 0 Å². The summed E-state index contributed by atoms with van der Waals surface area (Å²) >= 11 is 0. The molecular formula is C29H34O7. The second-order valence-corrected chi connectivity index (χ2v) is 8.91. The highest BCUT2D eigenvalue weighted by Gasteiger charge is 2.65. The normalized spacial score (nSPS) is 23.1. The van der Waals surface area contributed by atoms with E-state index in [4.69, 9.17) is 23.7 Å². The fourth-order valence-corrected chi connectivity index (χ4v) is 4.45. The first-order chi connectivity index (χ1) is 17.6. The Bertz CT molecular complexity index is 1030. The van der Waals surface area contributed by atoms with Crippen molar-refractivity contribution in [1.82, 2.24) is 0 Å². The van der Waals surface area contributed by atoms with Crippen LogP contribution in [0.5, 0.6) is 0 Å². The van der Waals surface area contributed by atoms with Gasteiger partial charge in [-0.15, -0.1) is 0 Å². The number of hydrogen-bond donors (Lipinski definition) is 2. The van der Waals surface area contributed by atoms with Gasteiger partial charge in [-0.05, 0) is 16.7 Å². The highest BCUT2D eigenvalue weighted by atomic mass is 16.8. The molecule has 3 aromatic carbocycles. The van der Waals surface area contributed by atoms with Gasteiger partial charge < -0.3 is 33.9 Å². The van der Waals surface area contributed by atoms with Gasteiger partial charge in [0.05, 0.1) is 33.0 Å². The molecule has 0 spiro atoms. The molecule has 3 atom stereocenters. The predicted octanol–water partition coefficient (Wildman–Crippen LogP) is 3.47. The quantitative estimate of drug-likeness (QED) is 0.376. The first-order valence-corrected chi connectivity index (χ1v) is 12.0. The molecule has 1 fully saturated rings. The second kappa shape index (κ2) is 12.6. The maximum absolute atomic E-state index is 10.4. The Hall–Kier alpha value is -2.62. The number of rotatable bonds is 13. The van der Waals surface area contributed by atoms with Crippen LogP contribution in [0.1, 0.15) is 16.7 Å². The van der Waals surface area contributed by atoms with Crippen LogP contribution in [-0.2, 0) is 43.5 Å². The third-order valence-corrected chi connectivity index (χ3v) is 6.44. The number of benzene rings is 3. The Balaban J connectivity index is 1.60. The molecule has 2 N–H and O–H groups in total. The van der Waals surface area contributed by atoms with Crippen LogP contribution < -0.4 is 0 Å². The Morgan fingerprint density at radius 3 is 1.56 bits per heavy atom. The minimum atomic E-state index is -1.46. The minimum absolute atomic E-state index is 0.00476. The highest BCUT2D eigenvalue weighted by molar-refractivity contribution is 5.17. The van der Waals surface area contributed by atoms with E-state index in [2.05, 4.69) is 0 Å². The monoisotopic (exact) mass is 494 g/mol. The van der Waals surface area contributed by atoms with E-state index in [1.807, 2.05) is 91.0 Å². The smallest absolute Gasteiger partial charge is 0.222 e. The summed E-state index contributed by atoms with van der Waals surface area (Å²) < 4.78 is 30.9. The fourth-order valence-electron chi connectivity index (χ4n) is 4.45. The summed E-state index contributed by atoms with van der Waals surface area (Å²) in [6, 6.07) is 29.2. The van der Waals surface area contributed by atoms with Crippen LogP contribution in [0.15, 0.2) is 91.0 Å². The van der Waals surface area contributed by atoms with Crippen molar-refractivity contribution in [2.45, 2.75) is 43.4 Å². The molecule has 36 heavy (non-hydrogen) atoms. The Kier molecular flexibility index (Phi) is 9.23. The molecule has 0 saturated carbocycles. The lowest BCUT2D eigenvalue weighted by Crippen LogP contribution is -2.52. The molecule has 1 heterocycles. The molecule has 3 aromatic rings. The van der Waals surface area contributed by atoms with Crippen molar-refractivity contribution in [2.24, 2.45) is 0 Å². The molecule has 0 radical (unpaired) electrons. The molecule has 0 aliphatic carbocycles. The third kappa shape index (κ3) is 6.02. The second-order valence-electron chi connectivity index (χ2n) is 8.91. The number of aliphatic hydroxyl groups excluding tert-OH is 2. The fraction of sp³-hybridized carbons (Fsp3) is 0.379. The first-order valence-electron chi connectivity index (χ1n) is 12.0. The SMILES string of the molecule is CO[C@@]1(COCc2ccccc2)OC(CO)(CO)[C@@H](OCc2ccccc2)[C@H]1OCc1ccccc1. The lowest BCUT2D eigenvalue weighted by Gasteiger charge is -2.33. The molecule has 1 aliphatic rings. The number of aliphatic hydroxyl groups is 2. The van der Waals surface area contributed by atoms with Crippen LogP contribution in [-0.4, -0.2) is 60.7 Å². The zero-order valence-electron chi connectivity index (χ0n) is 20.5. The lowest BCUT2D eigenvalue weighted by atomic mass is 9.94. The van der Waals surface area contributed by atoms with Crippen molar-refractivity contribution < 1.29 is 33.9 Å². The summed E-state index contributed by atoms with van der Waals surface area (Å²) in [4.78, 5) is 0. The number of hydrogen-bond acceptors (Lipinski definition) is 7. The van der Waals surface area contributed by atoms with E-state index in [1.165, 1.54) is 7.11 Å². The van der Waals surface area contributed by atoms with Crippen LogP contribution in [0.3, 0.4) is 0 Å². The average molecular weight is 495 g/mol. The standard InChI is InChI=1S/C29H34O7/c1-32-29(22-33-17-23-11-5-2-6-12-23)27(35-19-25-15-9-4-10-16-25)26(28(20-30,21-31)36-29)34-18-24-13-7-3-8-14-24/h2-16,26-27,30-31H,17-22H2,1H3/t26-,27+,29-/m0/s1. The van der Waals surface area contributed by atoms with Crippen molar-refractivity contribution in [2.75, 3.05) is 26.9 Å². The van der Waals surface area contributed by atoms with Gasteiger partial charge in [0.25, 0.3) is 0 Å². The van der Waals surface area contributed by atoms with Crippen molar-refractivity contribution in [3.8, 4) is 0 Å². The number of ether oxygens (including phenoxy) is 5. The molecule has 4 rings (SSSR count). The summed E-state index contributed by atoms with van der Waals surface area (Å²) in [5.41, 5.74) is 1.44. The van der Waals surface area contributed by atoms with Crippen molar-refractivity contribution in [3.63, 3.8) is 0 Å².